The summed E-state index contributed by atoms with van der Waals surface area (Å²) in [5.74, 6) is -6.18. The van der Waals surface area contributed by atoms with Crippen LogP contribution < -0.4 is 16.4 Å². The Kier molecular flexibility index (Phi) is 10.7. The van der Waals surface area contributed by atoms with E-state index in [-0.39, 0.29) is 25.3 Å². The first kappa shape index (κ1) is 27.8. The van der Waals surface area contributed by atoms with Crippen LogP contribution in [0.3, 0.4) is 0 Å². The molecule has 1 saturated heterocycles. The fraction of sp³-hybridized carbons (Fsp3) is 0.700. The normalized spacial score (nSPS) is 18.3. The van der Waals surface area contributed by atoms with E-state index in [1.807, 2.05) is 13.8 Å². The molecule has 4 atom stereocenters. The third-order valence-electron chi connectivity index (χ3n) is 5.16. The number of aliphatic carboxylic acids is 3. The zero-order valence-corrected chi connectivity index (χ0v) is 18.7. The second kappa shape index (κ2) is 12.7. The SMILES string of the molecule is CC(C)CC(N)C(=O)NC(CC(=O)O)C(=O)N1CCCC1C(=O)NC(CCC(=O)O)C(=O)O. The molecular weight excluding hydrogens is 440 g/mol. The van der Waals surface area contributed by atoms with Crippen LogP contribution in [0.1, 0.15) is 52.4 Å². The molecule has 1 heterocycles. The standard InChI is InChI=1S/C20H32N4O9/c1-10(2)8-11(21)17(29)23-13(9-16(27)28)19(31)24-7-3-4-14(24)18(30)22-12(20(32)33)5-6-15(25)26/h10-14H,3-9,21H2,1-2H3,(H,22,30)(H,23,29)(H,25,26)(H,27,28)(H,32,33). The number of carbonyl (C=O) groups is 6. The molecule has 0 aromatic heterocycles. The summed E-state index contributed by atoms with van der Waals surface area (Å²) < 4.78 is 0. The minimum atomic E-state index is -1.46. The first-order valence-electron chi connectivity index (χ1n) is 10.7. The van der Waals surface area contributed by atoms with Crippen molar-refractivity contribution in [2.45, 2.75) is 76.5 Å². The predicted molar refractivity (Wildman–Crippen MR) is 113 cm³/mol. The van der Waals surface area contributed by atoms with Crippen molar-refractivity contribution in [2.24, 2.45) is 11.7 Å². The Morgan fingerprint density at radius 2 is 1.64 bits per heavy atom. The maximum absolute atomic E-state index is 13.0. The summed E-state index contributed by atoms with van der Waals surface area (Å²) in [5, 5.41) is 31.8. The van der Waals surface area contributed by atoms with Gasteiger partial charge >= 0.3 is 17.9 Å². The Morgan fingerprint density at radius 1 is 1.00 bits per heavy atom. The molecule has 186 valence electrons. The first-order valence-corrected chi connectivity index (χ1v) is 10.7. The lowest BCUT2D eigenvalue weighted by molar-refractivity contribution is -0.147. The van der Waals surface area contributed by atoms with Crippen LogP contribution in [-0.4, -0.2) is 86.6 Å². The molecule has 0 radical (unpaired) electrons. The lowest BCUT2D eigenvalue weighted by Crippen LogP contribution is -2.57. The van der Waals surface area contributed by atoms with E-state index in [0.29, 0.717) is 12.8 Å². The Hall–Kier alpha value is -3.22. The highest BCUT2D eigenvalue weighted by molar-refractivity contribution is 5.96. The van der Waals surface area contributed by atoms with Crippen LogP contribution in [-0.2, 0) is 28.8 Å². The van der Waals surface area contributed by atoms with Crippen LogP contribution in [0.4, 0.5) is 0 Å². The first-order chi connectivity index (χ1) is 15.3. The van der Waals surface area contributed by atoms with E-state index in [1.165, 1.54) is 0 Å². The number of rotatable bonds is 13. The highest BCUT2D eigenvalue weighted by Crippen LogP contribution is 2.20. The summed E-state index contributed by atoms with van der Waals surface area (Å²) in [7, 11) is 0. The van der Waals surface area contributed by atoms with Crippen LogP contribution in [0.25, 0.3) is 0 Å². The fourth-order valence-electron chi connectivity index (χ4n) is 3.56. The van der Waals surface area contributed by atoms with Gasteiger partial charge in [-0.05, 0) is 31.6 Å². The van der Waals surface area contributed by atoms with Gasteiger partial charge in [-0.15, -0.1) is 0 Å². The predicted octanol–water partition coefficient (Wildman–Crippen LogP) is -1.26. The number of carboxylic acids is 3. The van der Waals surface area contributed by atoms with Crippen LogP contribution >= 0.6 is 0 Å². The number of hydrogen-bond donors (Lipinski definition) is 6. The van der Waals surface area contributed by atoms with Crippen molar-refractivity contribution in [3.05, 3.63) is 0 Å². The number of nitrogens with zero attached hydrogens (tertiary/aromatic N) is 1. The number of nitrogens with two attached hydrogens (primary N) is 1. The van der Waals surface area contributed by atoms with Crippen molar-refractivity contribution in [1.82, 2.24) is 15.5 Å². The van der Waals surface area contributed by atoms with Gasteiger partial charge in [0.1, 0.15) is 18.1 Å². The number of nitrogens with one attached hydrogen (secondary N) is 2. The van der Waals surface area contributed by atoms with Gasteiger partial charge < -0.3 is 36.6 Å². The highest BCUT2D eigenvalue weighted by atomic mass is 16.4. The van der Waals surface area contributed by atoms with Crippen LogP contribution in [0, 0.1) is 5.92 Å². The van der Waals surface area contributed by atoms with Crippen molar-refractivity contribution in [3.8, 4) is 0 Å². The lowest BCUT2D eigenvalue weighted by Gasteiger charge is -2.29. The molecule has 0 aromatic rings. The molecule has 0 aliphatic carbocycles. The molecule has 33 heavy (non-hydrogen) atoms. The maximum Gasteiger partial charge on any atom is 0.326 e. The minimum Gasteiger partial charge on any atom is -0.481 e. The van der Waals surface area contributed by atoms with Gasteiger partial charge in [0.05, 0.1) is 12.5 Å². The molecule has 0 spiro atoms. The smallest absolute Gasteiger partial charge is 0.326 e. The van der Waals surface area contributed by atoms with E-state index in [0.717, 1.165) is 4.90 Å². The molecule has 1 aliphatic rings. The molecule has 1 aliphatic heterocycles. The molecule has 1 fully saturated rings. The molecule has 13 nitrogen and oxygen atoms in total. The van der Waals surface area contributed by atoms with Crippen molar-refractivity contribution >= 4 is 35.6 Å². The fourth-order valence-corrected chi connectivity index (χ4v) is 3.56. The van der Waals surface area contributed by atoms with Gasteiger partial charge in [-0.1, -0.05) is 13.8 Å². The Labute approximate surface area is 190 Å². The third kappa shape index (κ3) is 9.04. The molecule has 1 rings (SSSR count). The topological polar surface area (TPSA) is 216 Å². The number of likely N-dealkylation sites (tertiary alicyclic amines) is 1. The largest absolute Gasteiger partial charge is 0.481 e. The molecule has 13 heteroatoms. The van der Waals surface area contributed by atoms with Gasteiger partial charge in [0.15, 0.2) is 0 Å². The average molecular weight is 472 g/mol. The second-order valence-electron chi connectivity index (χ2n) is 8.42. The monoisotopic (exact) mass is 472 g/mol. The molecule has 0 bridgehead atoms. The summed E-state index contributed by atoms with van der Waals surface area (Å²) >= 11 is 0. The molecule has 0 saturated carbocycles. The molecule has 0 aromatic carbocycles. The van der Waals surface area contributed by atoms with Crippen LogP contribution in [0.5, 0.6) is 0 Å². The Balaban J connectivity index is 2.94. The summed E-state index contributed by atoms with van der Waals surface area (Å²) in [5.41, 5.74) is 5.81. The zero-order valence-electron chi connectivity index (χ0n) is 18.7. The van der Waals surface area contributed by atoms with Gasteiger partial charge in [-0.25, -0.2) is 4.79 Å². The highest BCUT2D eigenvalue weighted by Gasteiger charge is 2.39. The minimum absolute atomic E-state index is 0.0920. The summed E-state index contributed by atoms with van der Waals surface area (Å²) in [6.45, 7) is 3.80. The molecule has 7 N–H and O–H groups in total. The van der Waals surface area contributed by atoms with E-state index < -0.39 is 72.6 Å². The van der Waals surface area contributed by atoms with Crippen molar-refractivity contribution < 1.29 is 44.1 Å². The Bertz CT molecular complexity index is 771. The number of carbonyl (C=O) groups excluding carboxylic acids is 3. The summed E-state index contributed by atoms with van der Waals surface area (Å²) in [6.07, 6.45) is -0.626. The van der Waals surface area contributed by atoms with E-state index in [4.69, 9.17) is 10.8 Å². The van der Waals surface area contributed by atoms with Crippen molar-refractivity contribution in [1.29, 1.82) is 0 Å². The molecule has 4 unspecified atom stereocenters. The number of amides is 3. The van der Waals surface area contributed by atoms with Crippen molar-refractivity contribution in [3.63, 3.8) is 0 Å². The molecular formula is C20H32N4O9. The van der Waals surface area contributed by atoms with Gasteiger partial charge in [0, 0.05) is 13.0 Å². The maximum atomic E-state index is 13.0. The van der Waals surface area contributed by atoms with Gasteiger partial charge in [-0.2, -0.15) is 0 Å². The third-order valence-corrected chi connectivity index (χ3v) is 5.16. The van der Waals surface area contributed by atoms with Crippen molar-refractivity contribution in [2.75, 3.05) is 6.54 Å². The zero-order chi connectivity index (χ0) is 25.3. The Morgan fingerprint density at radius 3 is 2.15 bits per heavy atom. The van der Waals surface area contributed by atoms with E-state index >= 15 is 0 Å². The number of carboxylic acid groups (broad SMARTS) is 3. The summed E-state index contributed by atoms with van der Waals surface area (Å²) in [4.78, 5) is 72.5. The number of hydrogen-bond acceptors (Lipinski definition) is 7. The van der Waals surface area contributed by atoms with Gasteiger partial charge in [-0.3, -0.25) is 24.0 Å². The average Bonchev–Trinajstić information content (AvgIpc) is 3.18. The quantitative estimate of drug-likeness (QED) is 0.187. The van der Waals surface area contributed by atoms with Gasteiger partial charge in [0.25, 0.3) is 0 Å². The van der Waals surface area contributed by atoms with E-state index in [9.17, 15) is 39.0 Å². The van der Waals surface area contributed by atoms with Crippen LogP contribution in [0.15, 0.2) is 0 Å². The molecule has 3 amide bonds. The summed E-state index contributed by atoms with van der Waals surface area (Å²) in [6, 6.07) is -4.95. The second-order valence-corrected chi connectivity index (χ2v) is 8.42. The van der Waals surface area contributed by atoms with Crippen LogP contribution in [0.2, 0.25) is 0 Å². The lowest BCUT2D eigenvalue weighted by atomic mass is 10.0. The van der Waals surface area contributed by atoms with E-state index in [1.54, 1.807) is 0 Å². The van der Waals surface area contributed by atoms with E-state index in [2.05, 4.69) is 10.6 Å². The van der Waals surface area contributed by atoms with Gasteiger partial charge in [0.2, 0.25) is 17.7 Å².